The number of carbonyl (C=O) groups is 2. The Balaban J connectivity index is 1.60. The highest BCUT2D eigenvalue weighted by molar-refractivity contribution is 9.10. The van der Waals surface area contributed by atoms with Crippen molar-refractivity contribution in [2.75, 3.05) is 26.8 Å². The number of furan rings is 1. The number of hydrogen-bond donors (Lipinski definition) is 1. The molecule has 2 heterocycles. The molecule has 1 aromatic heterocycles. The molecular weight excluding hydrogens is 428 g/mol. The van der Waals surface area contributed by atoms with Crippen molar-refractivity contribution in [3.63, 3.8) is 0 Å². The monoisotopic (exact) mass is 450 g/mol. The number of likely N-dealkylation sites (tertiary alicyclic amines) is 1. The summed E-state index contributed by atoms with van der Waals surface area (Å²) in [5, 5.41) is 3.04. The molecule has 0 unspecified atom stereocenters. The Labute approximate surface area is 172 Å². The van der Waals surface area contributed by atoms with Crippen molar-refractivity contribution in [1.29, 1.82) is 0 Å². The summed E-state index contributed by atoms with van der Waals surface area (Å²) in [6.07, 6.45) is 2.87. The molecule has 1 saturated heterocycles. The number of carbonyl (C=O) groups excluding carboxylic acids is 2. The summed E-state index contributed by atoms with van der Waals surface area (Å²) in [5.41, 5.74) is 0.487. The summed E-state index contributed by atoms with van der Waals surface area (Å²) in [6.45, 7) is 3.52. The molecule has 1 aliphatic heterocycles. The third kappa shape index (κ3) is 4.49. The average Bonchev–Trinajstić information content (AvgIpc) is 3.24. The van der Waals surface area contributed by atoms with Gasteiger partial charge in [-0.15, -0.1) is 0 Å². The zero-order valence-corrected chi connectivity index (χ0v) is 17.5. The van der Waals surface area contributed by atoms with Crippen molar-refractivity contribution >= 4 is 27.7 Å². The van der Waals surface area contributed by atoms with E-state index in [1.165, 1.54) is 13.4 Å². The fourth-order valence-corrected chi connectivity index (χ4v) is 3.74. The molecule has 2 amide bonds. The Morgan fingerprint density at radius 1 is 1.32 bits per heavy atom. The number of piperidine rings is 1. The van der Waals surface area contributed by atoms with E-state index in [2.05, 4.69) is 21.2 Å². The number of nitrogens with zero attached hydrogens (tertiary/aromatic N) is 1. The van der Waals surface area contributed by atoms with Crippen LogP contribution in [0.3, 0.4) is 0 Å². The Bertz CT molecular complexity index is 829. The third-order valence-electron chi connectivity index (χ3n) is 4.63. The second-order valence-corrected chi connectivity index (χ2v) is 7.29. The van der Waals surface area contributed by atoms with E-state index < -0.39 is 0 Å². The van der Waals surface area contributed by atoms with Gasteiger partial charge < -0.3 is 24.1 Å². The van der Waals surface area contributed by atoms with Crippen LogP contribution < -0.4 is 14.8 Å². The van der Waals surface area contributed by atoms with Gasteiger partial charge >= 0.3 is 0 Å². The summed E-state index contributed by atoms with van der Waals surface area (Å²) in [4.78, 5) is 26.7. The van der Waals surface area contributed by atoms with Crippen LogP contribution in [0.2, 0.25) is 0 Å². The van der Waals surface area contributed by atoms with Crippen LogP contribution >= 0.6 is 15.9 Å². The lowest BCUT2D eigenvalue weighted by Gasteiger charge is -2.32. The predicted octanol–water partition coefficient (Wildman–Crippen LogP) is 3.48. The Morgan fingerprint density at radius 3 is 2.68 bits per heavy atom. The SMILES string of the molecule is CCOc1c(Br)cc(C(=O)NC2CCN(C(=O)c3ccco3)CC2)cc1OC. The fraction of sp³-hybridized carbons (Fsp3) is 0.400. The van der Waals surface area contributed by atoms with Gasteiger partial charge in [-0.1, -0.05) is 0 Å². The molecule has 150 valence electrons. The molecule has 8 heteroatoms. The van der Waals surface area contributed by atoms with Gasteiger partial charge in [-0.3, -0.25) is 9.59 Å². The van der Waals surface area contributed by atoms with Crippen molar-refractivity contribution in [3.05, 3.63) is 46.3 Å². The van der Waals surface area contributed by atoms with Gasteiger partial charge in [0.05, 0.1) is 24.5 Å². The second kappa shape index (κ2) is 9.14. The molecule has 1 fully saturated rings. The highest BCUT2D eigenvalue weighted by atomic mass is 79.9. The molecule has 28 heavy (non-hydrogen) atoms. The maximum absolute atomic E-state index is 12.7. The minimum absolute atomic E-state index is 0.00416. The summed E-state index contributed by atoms with van der Waals surface area (Å²) in [5.74, 6) is 1.12. The molecule has 0 saturated carbocycles. The van der Waals surface area contributed by atoms with E-state index in [0.717, 1.165) is 0 Å². The quantitative estimate of drug-likeness (QED) is 0.728. The zero-order valence-electron chi connectivity index (χ0n) is 15.9. The number of nitrogens with one attached hydrogen (secondary N) is 1. The molecule has 1 aliphatic rings. The van der Waals surface area contributed by atoms with E-state index >= 15 is 0 Å². The largest absolute Gasteiger partial charge is 0.493 e. The molecule has 0 atom stereocenters. The Kier molecular flexibility index (Phi) is 6.61. The number of amides is 2. The smallest absolute Gasteiger partial charge is 0.289 e. The van der Waals surface area contributed by atoms with E-state index in [1.807, 2.05) is 6.92 Å². The number of rotatable bonds is 6. The van der Waals surface area contributed by atoms with Gasteiger partial charge in [0.2, 0.25) is 0 Å². The minimum atomic E-state index is -0.183. The van der Waals surface area contributed by atoms with Crippen LogP contribution in [0.4, 0.5) is 0 Å². The van der Waals surface area contributed by atoms with Crippen molar-refractivity contribution in [2.45, 2.75) is 25.8 Å². The summed E-state index contributed by atoms with van der Waals surface area (Å²) < 4.78 is 16.7. The first-order valence-corrected chi connectivity index (χ1v) is 9.96. The maximum atomic E-state index is 12.7. The second-order valence-electron chi connectivity index (χ2n) is 6.44. The van der Waals surface area contributed by atoms with E-state index in [9.17, 15) is 9.59 Å². The van der Waals surface area contributed by atoms with E-state index in [4.69, 9.17) is 13.9 Å². The standard InChI is InChI=1S/C20H23BrN2O5/c1-3-27-18-15(21)11-13(12-17(18)26-2)19(24)22-14-6-8-23(9-7-14)20(25)16-5-4-10-28-16/h4-5,10-12,14H,3,6-9H2,1-2H3,(H,22,24). The van der Waals surface area contributed by atoms with Crippen LogP contribution in [0.25, 0.3) is 0 Å². The summed E-state index contributed by atoms with van der Waals surface area (Å²) in [7, 11) is 1.54. The molecule has 0 radical (unpaired) electrons. The van der Waals surface area contributed by atoms with Gasteiger partial charge in [0.15, 0.2) is 17.3 Å². The first-order chi connectivity index (χ1) is 13.5. The van der Waals surface area contributed by atoms with E-state index in [0.29, 0.717) is 59.8 Å². The van der Waals surface area contributed by atoms with Crippen LogP contribution in [0.5, 0.6) is 11.5 Å². The lowest BCUT2D eigenvalue weighted by atomic mass is 10.0. The molecule has 7 nitrogen and oxygen atoms in total. The summed E-state index contributed by atoms with van der Waals surface area (Å²) in [6, 6.07) is 6.75. The first kappa shape index (κ1) is 20.3. The van der Waals surface area contributed by atoms with Gasteiger partial charge in [-0.2, -0.15) is 0 Å². The fourth-order valence-electron chi connectivity index (χ4n) is 3.19. The average molecular weight is 451 g/mol. The molecule has 3 rings (SSSR count). The topological polar surface area (TPSA) is 81.0 Å². The molecule has 0 aliphatic carbocycles. The maximum Gasteiger partial charge on any atom is 0.289 e. The van der Waals surface area contributed by atoms with Crippen LogP contribution in [0.1, 0.15) is 40.7 Å². The van der Waals surface area contributed by atoms with Gasteiger partial charge in [0.1, 0.15) is 0 Å². The predicted molar refractivity (Wildman–Crippen MR) is 107 cm³/mol. The highest BCUT2D eigenvalue weighted by Crippen LogP contribution is 2.36. The number of benzene rings is 1. The summed E-state index contributed by atoms with van der Waals surface area (Å²) >= 11 is 3.44. The normalized spacial score (nSPS) is 14.6. The van der Waals surface area contributed by atoms with Gasteiger partial charge in [0.25, 0.3) is 11.8 Å². The number of hydrogen-bond acceptors (Lipinski definition) is 5. The van der Waals surface area contributed by atoms with Crippen molar-refractivity contribution in [1.82, 2.24) is 10.2 Å². The third-order valence-corrected chi connectivity index (χ3v) is 5.22. The zero-order chi connectivity index (χ0) is 20.1. The van der Waals surface area contributed by atoms with Crippen LogP contribution in [0, 0.1) is 0 Å². The van der Waals surface area contributed by atoms with Crippen molar-refractivity contribution in [2.24, 2.45) is 0 Å². The molecule has 1 aromatic carbocycles. The van der Waals surface area contributed by atoms with Gasteiger partial charge in [0, 0.05) is 24.7 Å². The van der Waals surface area contributed by atoms with E-state index in [-0.39, 0.29) is 17.9 Å². The Morgan fingerprint density at radius 2 is 2.07 bits per heavy atom. The van der Waals surface area contributed by atoms with Gasteiger partial charge in [-0.25, -0.2) is 0 Å². The van der Waals surface area contributed by atoms with Crippen LogP contribution in [0.15, 0.2) is 39.4 Å². The number of methoxy groups -OCH3 is 1. The molecule has 0 bridgehead atoms. The molecule has 1 N–H and O–H groups in total. The van der Waals surface area contributed by atoms with Crippen LogP contribution in [-0.4, -0.2) is 49.6 Å². The minimum Gasteiger partial charge on any atom is -0.493 e. The lowest BCUT2D eigenvalue weighted by molar-refractivity contribution is 0.0667. The van der Waals surface area contributed by atoms with Crippen LogP contribution in [-0.2, 0) is 0 Å². The van der Waals surface area contributed by atoms with E-state index in [1.54, 1.807) is 29.2 Å². The Hall–Kier alpha value is -2.48. The first-order valence-electron chi connectivity index (χ1n) is 9.17. The molecule has 0 spiro atoms. The molecular formula is C20H23BrN2O5. The molecule has 2 aromatic rings. The highest BCUT2D eigenvalue weighted by Gasteiger charge is 2.26. The van der Waals surface area contributed by atoms with Crippen molar-refractivity contribution < 1.29 is 23.5 Å². The van der Waals surface area contributed by atoms with Gasteiger partial charge in [-0.05, 0) is 60.0 Å². The lowest BCUT2D eigenvalue weighted by Crippen LogP contribution is -2.46. The van der Waals surface area contributed by atoms with Crippen molar-refractivity contribution in [3.8, 4) is 11.5 Å². The number of ether oxygens (including phenoxy) is 2. The number of halogens is 1.